The van der Waals surface area contributed by atoms with Crippen molar-refractivity contribution in [2.75, 3.05) is 5.75 Å². The van der Waals surface area contributed by atoms with Crippen LogP contribution in [-0.2, 0) is 4.74 Å². The largest absolute Gasteiger partial charge is 0.446 e. The number of amides is 1. The predicted octanol–water partition coefficient (Wildman–Crippen LogP) is 4.32. The molecular weight excluding hydrogens is 521 g/mol. The fraction of sp³-hybridized carbons (Fsp3) is 0.450. The number of alkyl carbamates (subject to hydrolysis) is 1. The zero-order valence-corrected chi connectivity index (χ0v) is 20.5. The maximum Gasteiger partial charge on any atom is 0.446 e. The molecule has 3 aromatic rings. The molecule has 2 aromatic heterocycles. The third-order valence-electron chi connectivity index (χ3n) is 4.88. The summed E-state index contributed by atoms with van der Waals surface area (Å²) in [5.41, 5.74) is -0.314. The Morgan fingerprint density at radius 1 is 1.33 bits per heavy atom. The fourth-order valence-corrected chi connectivity index (χ4v) is 4.52. The van der Waals surface area contributed by atoms with E-state index in [1.54, 1.807) is 0 Å². The first-order chi connectivity index (χ1) is 15.6. The van der Waals surface area contributed by atoms with Gasteiger partial charge in [0.2, 0.25) is 5.82 Å². The molecule has 13 heteroatoms. The summed E-state index contributed by atoms with van der Waals surface area (Å²) >= 11 is 4.45. The molecule has 0 atom stereocenters. The van der Waals surface area contributed by atoms with Crippen molar-refractivity contribution < 1.29 is 23.1 Å². The Bertz CT molecular complexity index is 1230. The van der Waals surface area contributed by atoms with Crippen LogP contribution in [0.5, 0.6) is 0 Å². The lowest BCUT2D eigenvalue weighted by atomic mass is 10.2. The smallest absolute Gasteiger partial charge is 0.444 e. The second kappa shape index (κ2) is 8.93. The van der Waals surface area contributed by atoms with Crippen LogP contribution in [0.2, 0.25) is 0 Å². The first-order valence-corrected chi connectivity index (χ1v) is 11.9. The summed E-state index contributed by atoms with van der Waals surface area (Å²) in [6, 6.07) is 4.06. The molecule has 1 amide bonds. The van der Waals surface area contributed by atoms with Gasteiger partial charge in [0.25, 0.3) is 0 Å². The number of halogens is 2. The van der Waals surface area contributed by atoms with Crippen LogP contribution in [0.15, 0.2) is 41.6 Å². The number of benzene rings is 1. The van der Waals surface area contributed by atoms with Crippen LogP contribution < -0.4 is 11.1 Å². The average molecular weight is 542 g/mol. The van der Waals surface area contributed by atoms with E-state index in [4.69, 9.17) is 13.9 Å². The zero-order chi connectivity index (χ0) is 23.8. The van der Waals surface area contributed by atoms with Gasteiger partial charge in [-0.15, -0.1) is 11.8 Å². The summed E-state index contributed by atoms with van der Waals surface area (Å²) in [5.74, 6) is -0.560. The van der Waals surface area contributed by atoms with Crippen LogP contribution in [0.3, 0.4) is 0 Å². The standard InChI is InChI=1S/C20H21BrFN5O5S/c1-19(2,3)30-17(28)23-20(6-7-20)8-9-33-16-14(24-32-26-16)15-25-31-18(29)27(15)11-4-5-13(22)12(21)10-11/h4-5,10H,6-9H2,1-3H3,(H,23,28). The number of nitrogens with zero attached hydrogens (tertiary/aromatic N) is 4. The Morgan fingerprint density at radius 2 is 2.09 bits per heavy atom. The monoisotopic (exact) mass is 541 g/mol. The summed E-state index contributed by atoms with van der Waals surface area (Å²) in [5, 5.41) is 15.0. The van der Waals surface area contributed by atoms with Crippen molar-refractivity contribution in [3.05, 3.63) is 39.0 Å². The van der Waals surface area contributed by atoms with Crippen LogP contribution in [0.25, 0.3) is 17.2 Å². The van der Waals surface area contributed by atoms with Crippen molar-refractivity contribution >= 4 is 33.8 Å². The highest BCUT2D eigenvalue weighted by molar-refractivity contribution is 9.10. The molecule has 1 N–H and O–H groups in total. The molecule has 33 heavy (non-hydrogen) atoms. The number of aromatic nitrogens is 4. The highest BCUT2D eigenvalue weighted by Gasteiger charge is 2.44. The lowest BCUT2D eigenvalue weighted by Gasteiger charge is -2.23. The molecule has 1 aromatic carbocycles. The SMILES string of the molecule is CC(C)(C)OC(=O)NC1(CCSc2nonc2-c2noc(=O)n2-c2ccc(F)c(Br)c2)CC1. The Labute approximate surface area is 200 Å². The van der Waals surface area contributed by atoms with Crippen molar-refractivity contribution in [2.24, 2.45) is 0 Å². The highest BCUT2D eigenvalue weighted by atomic mass is 79.9. The van der Waals surface area contributed by atoms with E-state index in [9.17, 15) is 14.0 Å². The Kier molecular flexibility index (Phi) is 6.36. The molecule has 1 fully saturated rings. The first kappa shape index (κ1) is 23.5. The number of carbonyl (C=O) groups excluding carboxylic acids is 1. The second-order valence-electron chi connectivity index (χ2n) is 8.63. The minimum atomic E-state index is -0.763. The zero-order valence-electron chi connectivity index (χ0n) is 18.1. The van der Waals surface area contributed by atoms with Crippen molar-refractivity contribution in [3.8, 4) is 17.2 Å². The molecule has 0 bridgehead atoms. The number of hydrogen-bond donors (Lipinski definition) is 1. The van der Waals surface area contributed by atoms with Crippen LogP contribution in [0.1, 0.15) is 40.0 Å². The third-order valence-corrected chi connectivity index (χ3v) is 6.43. The van der Waals surface area contributed by atoms with E-state index in [-0.39, 0.29) is 21.5 Å². The quantitative estimate of drug-likeness (QED) is 0.435. The van der Waals surface area contributed by atoms with Gasteiger partial charge in [-0.2, -0.15) is 0 Å². The molecule has 176 valence electrons. The van der Waals surface area contributed by atoms with Crippen molar-refractivity contribution in [1.82, 2.24) is 25.4 Å². The van der Waals surface area contributed by atoms with E-state index in [0.29, 0.717) is 22.9 Å². The minimum absolute atomic E-state index is 0.0790. The van der Waals surface area contributed by atoms with E-state index in [2.05, 4.69) is 36.7 Å². The van der Waals surface area contributed by atoms with Gasteiger partial charge in [-0.25, -0.2) is 23.2 Å². The van der Waals surface area contributed by atoms with Gasteiger partial charge in [0.1, 0.15) is 11.4 Å². The number of hydrogen-bond acceptors (Lipinski definition) is 9. The summed E-state index contributed by atoms with van der Waals surface area (Å²) in [7, 11) is 0. The van der Waals surface area contributed by atoms with Gasteiger partial charge in [-0.05, 0) is 84.5 Å². The van der Waals surface area contributed by atoms with Crippen molar-refractivity contribution in [1.29, 1.82) is 0 Å². The molecule has 1 aliphatic carbocycles. The van der Waals surface area contributed by atoms with Crippen molar-refractivity contribution in [2.45, 2.75) is 56.2 Å². The van der Waals surface area contributed by atoms with Gasteiger partial charge >= 0.3 is 11.8 Å². The maximum absolute atomic E-state index is 13.6. The lowest BCUT2D eigenvalue weighted by molar-refractivity contribution is 0.0495. The Balaban J connectivity index is 1.46. The minimum Gasteiger partial charge on any atom is -0.444 e. The van der Waals surface area contributed by atoms with Gasteiger partial charge in [0, 0.05) is 11.3 Å². The molecular formula is C20H21BrFN5O5S. The normalized spacial score (nSPS) is 14.8. The molecule has 0 aliphatic heterocycles. The van der Waals surface area contributed by atoms with Gasteiger partial charge in [-0.1, -0.05) is 5.16 Å². The number of rotatable bonds is 7. The number of thioether (sulfide) groups is 1. The van der Waals surface area contributed by atoms with Crippen LogP contribution in [0, 0.1) is 5.82 Å². The molecule has 2 heterocycles. The van der Waals surface area contributed by atoms with E-state index in [1.807, 2.05) is 20.8 Å². The Morgan fingerprint density at radius 3 is 2.76 bits per heavy atom. The van der Waals surface area contributed by atoms with E-state index < -0.39 is 23.3 Å². The number of carbonyl (C=O) groups is 1. The van der Waals surface area contributed by atoms with Gasteiger partial charge < -0.3 is 10.1 Å². The van der Waals surface area contributed by atoms with E-state index >= 15 is 0 Å². The molecule has 10 nitrogen and oxygen atoms in total. The van der Waals surface area contributed by atoms with Gasteiger partial charge in [-0.3, -0.25) is 4.52 Å². The topological polar surface area (TPSA) is 125 Å². The van der Waals surface area contributed by atoms with Gasteiger partial charge in [0.05, 0.1) is 10.2 Å². The number of nitrogens with one attached hydrogen (secondary N) is 1. The second-order valence-corrected chi connectivity index (χ2v) is 10.6. The molecule has 0 spiro atoms. The average Bonchev–Trinajstić information content (AvgIpc) is 3.13. The molecule has 1 saturated carbocycles. The molecule has 1 aliphatic rings. The predicted molar refractivity (Wildman–Crippen MR) is 120 cm³/mol. The highest BCUT2D eigenvalue weighted by Crippen LogP contribution is 2.41. The molecule has 0 unspecified atom stereocenters. The molecule has 0 saturated heterocycles. The number of ether oxygens (including phenoxy) is 1. The molecule has 4 rings (SSSR count). The summed E-state index contributed by atoms with van der Waals surface area (Å²) in [6.07, 6.45) is 1.96. The fourth-order valence-electron chi connectivity index (χ4n) is 3.11. The van der Waals surface area contributed by atoms with Crippen LogP contribution >= 0.6 is 27.7 Å². The van der Waals surface area contributed by atoms with Crippen molar-refractivity contribution in [3.63, 3.8) is 0 Å². The first-order valence-electron chi connectivity index (χ1n) is 10.1. The van der Waals surface area contributed by atoms with E-state index in [1.165, 1.54) is 30.0 Å². The summed E-state index contributed by atoms with van der Waals surface area (Å²) in [4.78, 5) is 24.4. The molecule has 0 radical (unpaired) electrons. The maximum atomic E-state index is 13.6. The summed E-state index contributed by atoms with van der Waals surface area (Å²) < 4.78 is 30.0. The van der Waals surface area contributed by atoms with Gasteiger partial charge in [0.15, 0.2) is 10.7 Å². The Hall–Kier alpha value is -2.67. The van der Waals surface area contributed by atoms with Crippen LogP contribution in [0.4, 0.5) is 9.18 Å². The lowest BCUT2D eigenvalue weighted by Crippen LogP contribution is -2.41. The third kappa shape index (κ3) is 5.46. The van der Waals surface area contributed by atoms with E-state index in [0.717, 1.165) is 17.4 Å². The van der Waals surface area contributed by atoms with Crippen LogP contribution in [-0.4, -0.2) is 43.0 Å². The summed E-state index contributed by atoms with van der Waals surface area (Å²) in [6.45, 7) is 5.44.